The smallest absolute Gasteiger partial charge is 0.410 e. The van der Waals surface area contributed by atoms with Crippen LogP contribution in [-0.2, 0) is 16.0 Å². The molecule has 1 aromatic carbocycles. The number of halogens is 1. The van der Waals surface area contributed by atoms with Crippen LogP contribution in [0.2, 0.25) is 0 Å². The molecule has 1 aliphatic rings. The van der Waals surface area contributed by atoms with E-state index in [-0.39, 0.29) is 55.4 Å². The number of nitrogens with zero attached hydrogens (tertiary/aromatic N) is 3. The van der Waals surface area contributed by atoms with Crippen LogP contribution in [0, 0.1) is 12.7 Å². The van der Waals surface area contributed by atoms with Crippen LogP contribution >= 0.6 is 0 Å². The van der Waals surface area contributed by atoms with Crippen LogP contribution in [0.1, 0.15) is 37.8 Å². The van der Waals surface area contributed by atoms with E-state index in [1.165, 1.54) is 18.5 Å². The fraction of sp³-hybridized carbons (Fsp3) is 0.500. The Morgan fingerprint density at radius 3 is 2.60 bits per heavy atom. The molecule has 3 rings (SSSR count). The van der Waals surface area contributed by atoms with E-state index >= 15 is 0 Å². The van der Waals surface area contributed by atoms with Gasteiger partial charge in [0.15, 0.2) is 11.6 Å². The van der Waals surface area contributed by atoms with E-state index in [1.54, 1.807) is 17.9 Å². The standard InChI is InChI=1S/C24H31FN4O6/c1-15(2)33-24(32)29-9-6-18(7-10-29)34-22-16(3)23(28-14-27-22)35-20-5-4-17(12-19(20)25)13-21(31)26-8-11-30/h4-5,12,14-15,18,30H,6-11,13H2,1-3H3,(H,26,31). The maximum absolute atomic E-state index is 14.6. The van der Waals surface area contributed by atoms with Crippen molar-refractivity contribution in [2.45, 2.75) is 52.2 Å². The van der Waals surface area contributed by atoms with Crippen LogP contribution in [0.25, 0.3) is 0 Å². The average Bonchev–Trinajstić information content (AvgIpc) is 2.82. The first-order valence-electron chi connectivity index (χ1n) is 11.5. The van der Waals surface area contributed by atoms with Crippen molar-refractivity contribution in [1.29, 1.82) is 0 Å². The molecule has 35 heavy (non-hydrogen) atoms. The van der Waals surface area contributed by atoms with E-state index < -0.39 is 5.82 Å². The maximum atomic E-state index is 14.6. The summed E-state index contributed by atoms with van der Waals surface area (Å²) in [5, 5.41) is 11.3. The number of likely N-dealkylation sites (tertiary alicyclic amines) is 1. The second-order valence-corrected chi connectivity index (χ2v) is 8.46. The molecule has 2 N–H and O–H groups in total. The molecule has 0 saturated carbocycles. The first-order chi connectivity index (χ1) is 16.8. The molecule has 2 heterocycles. The van der Waals surface area contributed by atoms with Gasteiger partial charge < -0.3 is 29.5 Å². The molecule has 0 radical (unpaired) electrons. The fourth-order valence-corrected chi connectivity index (χ4v) is 3.52. The Balaban J connectivity index is 1.60. The molecule has 2 aromatic rings. The maximum Gasteiger partial charge on any atom is 0.410 e. The van der Waals surface area contributed by atoms with Gasteiger partial charge in [-0.3, -0.25) is 4.79 Å². The summed E-state index contributed by atoms with van der Waals surface area (Å²) in [6, 6.07) is 4.24. The number of benzene rings is 1. The number of hydrogen-bond donors (Lipinski definition) is 2. The summed E-state index contributed by atoms with van der Waals surface area (Å²) >= 11 is 0. The molecule has 0 bridgehead atoms. The van der Waals surface area contributed by atoms with Crippen LogP contribution in [0.4, 0.5) is 9.18 Å². The lowest BCUT2D eigenvalue weighted by molar-refractivity contribution is -0.120. The Morgan fingerprint density at radius 2 is 1.94 bits per heavy atom. The molecule has 0 aliphatic carbocycles. The summed E-state index contributed by atoms with van der Waals surface area (Å²) in [5.41, 5.74) is 0.985. The number of amides is 2. The monoisotopic (exact) mass is 490 g/mol. The van der Waals surface area contributed by atoms with Gasteiger partial charge in [0.2, 0.25) is 17.7 Å². The summed E-state index contributed by atoms with van der Waals surface area (Å²) in [5.74, 6) is -0.521. The van der Waals surface area contributed by atoms with Crippen molar-refractivity contribution in [1.82, 2.24) is 20.2 Å². The van der Waals surface area contributed by atoms with Crippen molar-refractivity contribution in [3.05, 3.63) is 41.5 Å². The van der Waals surface area contributed by atoms with Gasteiger partial charge in [-0.1, -0.05) is 6.07 Å². The SMILES string of the molecule is Cc1c(Oc2ccc(CC(=O)NCCO)cc2F)ncnc1OC1CCN(C(=O)OC(C)C)CC1. The molecule has 190 valence electrons. The number of hydrogen-bond acceptors (Lipinski definition) is 8. The van der Waals surface area contributed by atoms with Crippen molar-refractivity contribution in [2.75, 3.05) is 26.2 Å². The van der Waals surface area contributed by atoms with Crippen LogP contribution in [0.5, 0.6) is 17.5 Å². The molecular formula is C24H31FN4O6. The number of nitrogens with one attached hydrogen (secondary N) is 1. The van der Waals surface area contributed by atoms with E-state index in [0.717, 1.165) is 0 Å². The molecule has 2 amide bonds. The highest BCUT2D eigenvalue weighted by molar-refractivity contribution is 5.78. The van der Waals surface area contributed by atoms with Crippen molar-refractivity contribution < 1.29 is 33.3 Å². The lowest BCUT2D eigenvalue weighted by Gasteiger charge is -2.31. The lowest BCUT2D eigenvalue weighted by Crippen LogP contribution is -2.42. The minimum absolute atomic E-state index is 0.0181. The quantitative estimate of drug-likeness (QED) is 0.550. The third kappa shape index (κ3) is 7.51. The van der Waals surface area contributed by atoms with Crippen molar-refractivity contribution in [2.24, 2.45) is 0 Å². The predicted molar refractivity (Wildman–Crippen MR) is 124 cm³/mol. The molecule has 0 unspecified atom stereocenters. The molecule has 1 aliphatic heterocycles. The number of ether oxygens (including phenoxy) is 3. The molecule has 1 aromatic heterocycles. The lowest BCUT2D eigenvalue weighted by atomic mass is 10.1. The van der Waals surface area contributed by atoms with Crippen LogP contribution in [0.15, 0.2) is 24.5 Å². The van der Waals surface area contributed by atoms with Gasteiger partial charge in [0, 0.05) is 32.5 Å². The van der Waals surface area contributed by atoms with Crippen LogP contribution < -0.4 is 14.8 Å². The number of carbonyl (C=O) groups excluding carboxylic acids is 2. The van der Waals surface area contributed by atoms with Gasteiger partial charge >= 0.3 is 6.09 Å². The van der Waals surface area contributed by atoms with E-state index in [2.05, 4.69) is 15.3 Å². The Bertz CT molecular complexity index is 1030. The normalized spacial score (nSPS) is 14.1. The van der Waals surface area contributed by atoms with Gasteiger partial charge in [-0.05, 0) is 38.5 Å². The molecule has 10 nitrogen and oxygen atoms in total. The average molecular weight is 491 g/mol. The molecular weight excluding hydrogens is 459 g/mol. The minimum atomic E-state index is -0.640. The van der Waals surface area contributed by atoms with Gasteiger partial charge in [-0.2, -0.15) is 0 Å². The largest absolute Gasteiger partial charge is 0.474 e. The van der Waals surface area contributed by atoms with Gasteiger partial charge in [-0.15, -0.1) is 0 Å². The Morgan fingerprint density at radius 1 is 1.23 bits per heavy atom. The summed E-state index contributed by atoms with van der Waals surface area (Å²) in [6.07, 6.45) is 1.86. The topological polar surface area (TPSA) is 123 Å². The Hall–Kier alpha value is -3.47. The summed E-state index contributed by atoms with van der Waals surface area (Å²) in [6.45, 7) is 6.35. The van der Waals surface area contributed by atoms with Gasteiger partial charge in [0.1, 0.15) is 12.4 Å². The second kappa shape index (κ2) is 12.3. The zero-order valence-corrected chi connectivity index (χ0v) is 20.1. The molecule has 0 atom stereocenters. The highest BCUT2D eigenvalue weighted by atomic mass is 19.1. The number of carbonyl (C=O) groups is 2. The van der Waals surface area contributed by atoms with E-state index in [4.69, 9.17) is 19.3 Å². The number of piperidine rings is 1. The van der Waals surface area contributed by atoms with Crippen molar-refractivity contribution >= 4 is 12.0 Å². The van der Waals surface area contributed by atoms with Gasteiger partial charge in [0.25, 0.3) is 0 Å². The molecule has 11 heteroatoms. The summed E-state index contributed by atoms with van der Waals surface area (Å²) in [7, 11) is 0. The van der Waals surface area contributed by atoms with Crippen LogP contribution in [-0.4, -0.2) is 70.4 Å². The third-order valence-electron chi connectivity index (χ3n) is 5.31. The fourth-order valence-electron chi connectivity index (χ4n) is 3.52. The van der Waals surface area contributed by atoms with E-state index in [9.17, 15) is 14.0 Å². The minimum Gasteiger partial charge on any atom is -0.474 e. The molecule has 1 saturated heterocycles. The van der Waals surface area contributed by atoms with E-state index in [1.807, 2.05) is 13.8 Å². The Labute approximate surface area is 203 Å². The first-order valence-corrected chi connectivity index (χ1v) is 11.5. The molecule has 0 spiro atoms. The first kappa shape index (κ1) is 26.1. The number of aromatic nitrogens is 2. The molecule has 1 fully saturated rings. The number of aliphatic hydroxyl groups excluding tert-OH is 1. The van der Waals surface area contributed by atoms with Crippen LogP contribution in [0.3, 0.4) is 0 Å². The summed E-state index contributed by atoms with van der Waals surface area (Å²) < 4.78 is 31.5. The van der Waals surface area contributed by atoms with Gasteiger partial charge in [-0.25, -0.2) is 19.2 Å². The zero-order valence-electron chi connectivity index (χ0n) is 20.1. The van der Waals surface area contributed by atoms with Crippen molar-refractivity contribution in [3.63, 3.8) is 0 Å². The highest BCUT2D eigenvalue weighted by Gasteiger charge is 2.26. The van der Waals surface area contributed by atoms with E-state index in [0.29, 0.717) is 42.9 Å². The number of rotatable bonds is 9. The third-order valence-corrected chi connectivity index (χ3v) is 5.31. The number of aliphatic hydroxyl groups is 1. The van der Waals surface area contributed by atoms with Crippen molar-refractivity contribution in [3.8, 4) is 17.5 Å². The Kier molecular flexibility index (Phi) is 9.18. The highest BCUT2D eigenvalue weighted by Crippen LogP contribution is 2.30. The van der Waals surface area contributed by atoms with Gasteiger partial charge in [0.05, 0.1) is 24.7 Å². The second-order valence-electron chi connectivity index (χ2n) is 8.46. The summed E-state index contributed by atoms with van der Waals surface area (Å²) in [4.78, 5) is 33.8. The zero-order chi connectivity index (χ0) is 25.4. The predicted octanol–water partition coefficient (Wildman–Crippen LogP) is 2.76.